The molecule has 0 aromatic rings. The summed E-state index contributed by atoms with van der Waals surface area (Å²) in [5.41, 5.74) is 3.28. The van der Waals surface area contributed by atoms with Crippen molar-refractivity contribution in [3.63, 3.8) is 0 Å². The van der Waals surface area contributed by atoms with Crippen LogP contribution in [0, 0.1) is 22.7 Å². The van der Waals surface area contributed by atoms with Crippen molar-refractivity contribution in [3.8, 4) is 0 Å². The molecule has 4 rings (SSSR count). The summed E-state index contributed by atoms with van der Waals surface area (Å²) in [6, 6.07) is 0.193. The predicted molar refractivity (Wildman–Crippen MR) is 91.9 cm³/mol. The Bertz CT molecular complexity index is 568. The first kappa shape index (κ1) is 15.9. The number of nitrogens with one attached hydrogen (secondary N) is 1. The van der Waals surface area contributed by atoms with Gasteiger partial charge in [-0.05, 0) is 62.8 Å². The molecule has 0 saturated heterocycles. The summed E-state index contributed by atoms with van der Waals surface area (Å²) in [6.45, 7) is 4.72. The van der Waals surface area contributed by atoms with Gasteiger partial charge in [0.1, 0.15) is 0 Å². The number of hydrogen-bond donors (Lipinski definition) is 3. The van der Waals surface area contributed by atoms with E-state index < -0.39 is 0 Å². The van der Waals surface area contributed by atoms with Crippen LogP contribution in [0.5, 0.6) is 0 Å². The van der Waals surface area contributed by atoms with Crippen LogP contribution in [0.3, 0.4) is 0 Å². The van der Waals surface area contributed by atoms with Crippen LogP contribution in [-0.4, -0.2) is 35.5 Å². The molecule has 0 bridgehead atoms. The van der Waals surface area contributed by atoms with Crippen LogP contribution < -0.4 is 5.32 Å². The maximum absolute atomic E-state index is 10.5. The summed E-state index contributed by atoms with van der Waals surface area (Å²) < 4.78 is 0. The zero-order chi connectivity index (χ0) is 16.4. The van der Waals surface area contributed by atoms with Crippen LogP contribution in [-0.2, 0) is 0 Å². The molecule has 128 valence electrons. The lowest BCUT2D eigenvalue weighted by Gasteiger charge is -2.55. The molecular weight excluding hydrogens is 286 g/mol. The van der Waals surface area contributed by atoms with Crippen LogP contribution in [0.15, 0.2) is 23.3 Å². The third-order valence-corrected chi connectivity index (χ3v) is 7.95. The highest BCUT2D eigenvalue weighted by Crippen LogP contribution is 2.63. The number of likely N-dealkylation sites (N-methyl/N-ethyl adjacent to an activating group) is 1. The Morgan fingerprint density at radius 1 is 1.09 bits per heavy atom. The van der Waals surface area contributed by atoms with Crippen molar-refractivity contribution in [1.29, 1.82) is 0 Å². The molecule has 23 heavy (non-hydrogen) atoms. The smallest absolute Gasteiger partial charge is 0.0730 e. The molecule has 0 radical (unpaired) electrons. The number of rotatable bonds is 1. The fraction of sp³-hybridized carbons (Fsp3) is 0.800. The molecule has 3 saturated carbocycles. The molecule has 7 atom stereocenters. The first-order valence-corrected chi connectivity index (χ1v) is 9.34. The summed E-state index contributed by atoms with van der Waals surface area (Å²) in [6.07, 6.45) is 10.5. The summed E-state index contributed by atoms with van der Waals surface area (Å²) in [5.74, 6) is 1.14. The van der Waals surface area contributed by atoms with Gasteiger partial charge in [-0.25, -0.2) is 0 Å². The van der Waals surface area contributed by atoms with Gasteiger partial charge >= 0.3 is 0 Å². The first-order valence-electron chi connectivity index (χ1n) is 9.34. The van der Waals surface area contributed by atoms with E-state index in [9.17, 15) is 10.2 Å². The minimum Gasteiger partial charge on any atom is -0.393 e. The van der Waals surface area contributed by atoms with E-state index >= 15 is 0 Å². The summed E-state index contributed by atoms with van der Waals surface area (Å²) in [5, 5.41) is 24.2. The largest absolute Gasteiger partial charge is 0.393 e. The van der Waals surface area contributed by atoms with Gasteiger partial charge in [0.15, 0.2) is 0 Å². The highest BCUT2D eigenvalue weighted by atomic mass is 16.3. The molecule has 3 N–H and O–H groups in total. The van der Waals surface area contributed by atoms with E-state index in [-0.39, 0.29) is 29.1 Å². The Labute approximate surface area is 139 Å². The van der Waals surface area contributed by atoms with Crippen molar-refractivity contribution in [3.05, 3.63) is 23.3 Å². The van der Waals surface area contributed by atoms with Crippen molar-refractivity contribution in [1.82, 2.24) is 5.32 Å². The maximum Gasteiger partial charge on any atom is 0.0730 e. The van der Waals surface area contributed by atoms with Crippen molar-refractivity contribution >= 4 is 0 Å². The van der Waals surface area contributed by atoms with E-state index in [0.717, 1.165) is 32.1 Å². The Hall–Kier alpha value is -0.640. The van der Waals surface area contributed by atoms with Crippen molar-refractivity contribution in [2.45, 2.75) is 70.6 Å². The molecule has 0 amide bonds. The van der Waals surface area contributed by atoms with Gasteiger partial charge in [0.05, 0.1) is 12.2 Å². The van der Waals surface area contributed by atoms with E-state index in [2.05, 4.69) is 31.3 Å². The third-order valence-electron chi connectivity index (χ3n) is 7.95. The standard InChI is InChI=1S/C20H31NO2/c1-19-9-8-15-13(14(19)6-7-18(19)23)5-4-12-10-17(22)16(21-3)11-20(12,15)2/h4-5,14-18,21-23H,6-11H2,1-3H3/t14-,15+,16?,17?,18?,19-,20-/m0/s1. The molecule has 0 heterocycles. The molecule has 3 fully saturated rings. The van der Waals surface area contributed by atoms with E-state index in [0.29, 0.717) is 11.8 Å². The Morgan fingerprint density at radius 3 is 2.61 bits per heavy atom. The average molecular weight is 317 g/mol. The predicted octanol–water partition coefficient (Wildman–Crippen LogP) is 2.79. The lowest BCUT2D eigenvalue weighted by atomic mass is 9.50. The molecule has 0 spiro atoms. The highest BCUT2D eigenvalue weighted by molar-refractivity contribution is 5.39. The van der Waals surface area contributed by atoms with Gasteiger partial charge in [-0.15, -0.1) is 0 Å². The zero-order valence-corrected chi connectivity index (χ0v) is 14.7. The fourth-order valence-electron chi connectivity index (χ4n) is 6.33. The highest BCUT2D eigenvalue weighted by Gasteiger charge is 2.56. The normalized spacial score (nSPS) is 52.1. The van der Waals surface area contributed by atoms with Crippen molar-refractivity contribution in [2.24, 2.45) is 22.7 Å². The monoisotopic (exact) mass is 317 g/mol. The molecule has 0 aromatic heterocycles. The fourth-order valence-corrected chi connectivity index (χ4v) is 6.33. The van der Waals surface area contributed by atoms with E-state index in [4.69, 9.17) is 0 Å². The minimum atomic E-state index is -0.267. The zero-order valence-electron chi connectivity index (χ0n) is 14.7. The van der Waals surface area contributed by atoms with Crippen molar-refractivity contribution in [2.75, 3.05) is 7.05 Å². The average Bonchev–Trinajstić information content (AvgIpc) is 2.83. The molecule has 3 unspecified atom stereocenters. The second-order valence-corrected chi connectivity index (χ2v) is 8.89. The minimum absolute atomic E-state index is 0.0840. The second-order valence-electron chi connectivity index (χ2n) is 8.89. The van der Waals surface area contributed by atoms with E-state index in [1.807, 2.05) is 7.05 Å². The number of hydrogen-bond acceptors (Lipinski definition) is 3. The number of allylic oxidation sites excluding steroid dienone is 3. The molecule has 4 aliphatic carbocycles. The third kappa shape index (κ3) is 2.06. The Balaban J connectivity index is 1.72. The lowest BCUT2D eigenvalue weighted by Crippen LogP contribution is -2.53. The number of fused-ring (bicyclic) bond motifs is 5. The first-order chi connectivity index (χ1) is 10.9. The van der Waals surface area contributed by atoms with Crippen LogP contribution in [0.25, 0.3) is 0 Å². The van der Waals surface area contributed by atoms with Gasteiger partial charge in [0, 0.05) is 11.5 Å². The van der Waals surface area contributed by atoms with Gasteiger partial charge in [-0.3, -0.25) is 0 Å². The van der Waals surface area contributed by atoms with Crippen molar-refractivity contribution < 1.29 is 10.2 Å². The Morgan fingerprint density at radius 2 is 1.87 bits per heavy atom. The number of aliphatic hydroxyl groups is 2. The maximum atomic E-state index is 10.5. The molecule has 3 heteroatoms. The SMILES string of the molecule is CNC1C[C@@]2(C)C(=CC=C3[C@H]2CC[C@]2(C)C(O)CC[C@@H]32)CC1O. The van der Waals surface area contributed by atoms with Crippen LogP contribution in [0.4, 0.5) is 0 Å². The van der Waals surface area contributed by atoms with Gasteiger partial charge < -0.3 is 15.5 Å². The number of aliphatic hydroxyl groups excluding tert-OH is 2. The van der Waals surface area contributed by atoms with Crippen LogP contribution in [0.2, 0.25) is 0 Å². The molecule has 0 aliphatic heterocycles. The summed E-state index contributed by atoms with van der Waals surface area (Å²) in [4.78, 5) is 0. The molecular formula is C20H31NO2. The summed E-state index contributed by atoms with van der Waals surface area (Å²) >= 11 is 0. The van der Waals surface area contributed by atoms with Crippen LogP contribution in [0.1, 0.15) is 52.4 Å². The van der Waals surface area contributed by atoms with E-state index in [1.54, 1.807) is 5.57 Å². The lowest BCUT2D eigenvalue weighted by molar-refractivity contribution is -0.00406. The van der Waals surface area contributed by atoms with Gasteiger partial charge in [0.2, 0.25) is 0 Å². The van der Waals surface area contributed by atoms with E-state index in [1.165, 1.54) is 12.0 Å². The van der Waals surface area contributed by atoms with Gasteiger partial charge in [0.25, 0.3) is 0 Å². The van der Waals surface area contributed by atoms with Gasteiger partial charge in [-0.1, -0.05) is 37.1 Å². The quantitative estimate of drug-likeness (QED) is 0.697. The van der Waals surface area contributed by atoms with Gasteiger partial charge in [-0.2, -0.15) is 0 Å². The van der Waals surface area contributed by atoms with Crippen LogP contribution >= 0.6 is 0 Å². The molecule has 0 aromatic carbocycles. The second kappa shape index (κ2) is 5.18. The molecule has 3 nitrogen and oxygen atoms in total. The Kier molecular flexibility index (Phi) is 3.57. The molecule has 4 aliphatic rings. The topological polar surface area (TPSA) is 52.5 Å². The summed E-state index contributed by atoms with van der Waals surface area (Å²) in [7, 11) is 1.97.